The molecule has 0 unspecified atom stereocenters. The van der Waals surface area contributed by atoms with E-state index in [9.17, 15) is 14.9 Å². The van der Waals surface area contributed by atoms with Gasteiger partial charge in [-0.3, -0.25) is 14.9 Å². The summed E-state index contributed by atoms with van der Waals surface area (Å²) >= 11 is 0. The second-order valence-corrected chi connectivity index (χ2v) is 10.9. The minimum atomic E-state index is -0.343. The molecule has 4 aliphatic rings. The molecule has 6 nitrogen and oxygen atoms in total. The van der Waals surface area contributed by atoms with Crippen LogP contribution >= 0.6 is 0 Å². The predicted molar refractivity (Wildman–Crippen MR) is 118 cm³/mol. The topological polar surface area (TPSA) is 72.7 Å². The molecule has 1 aliphatic heterocycles. The molecular formula is C25H34N2O4. The van der Waals surface area contributed by atoms with E-state index in [1.165, 1.54) is 18.9 Å². The van der Waals surface area contributed by atoms with Gasteiger partial charge in [-0.05, 0) is 74.2 Å². The first-order valence-corrected chi connectivity index (χ1v) is 11.9. The molecule has 7 atom stereocenters. The van der Waals surface area contributed by atoms with Crippen molar-refractivity contribution in [3.8, 4) is 5.75 Å². The van der Waals surface area contributed by atoms with Crippen molar-refractivity contribution in [3.05, 3.63) is 34.4 Å². The molecule has 0 spiro atoms. The van der Waals surface area contributed by atoms with Crippen molar-refractivity contribution >= 4 is 11.6 Å². The number of rotatable bonds is 3. The van der Waals surface area contributed by atoms with E-state index in [0.717, 1.165) is 32.1 Å². The first-order valence-electron chi connectivity index (χ1n) is 11.9. The molecule has 1 saturated heterocycles. The molecule has 0 radical (unpaired) electrons. The highest BCUT2D eigenvalue weighted by Gasteiger charge is 2.61. The molecule has 168 valence electrons. The van der Waals surface area contributed by atoms with Gasteiger partial charge in [0.2, 0.25) is 5.91 Å². The van der Waals surface area contributed by atoms with Crippen LogP contribution in [0.15, 0.2) is 24.3 Å². The maximum atomic E-state index is 12.3. The van der Waals surface area contributed by atoms with E-state index in [-0.39, 0.29) is 27.5 Å². The molecule has 3 aliphatic carbocycles. The third kappa shape index (κ3) is 3.00. The van der Waals surface area contributed by atoms with Crippen molar-refractivity contribution in [1.82, 2.24) is 4.90 Å². The molecule has 1 amide bonds. The van der Waals surface area contributed by atoms with Crippen molar-refractivity contribution in [2.45, 2.75) is 77.4 Å². The highest BCUT2D eigenvalue weighted by atomic mass is 16.6. The second-order valence-electron chi connectivity index (χ2n) is 10.9. The van der Waals surface area contributed by atoms with Crippen LogP contribution in [0.4, 0.5) is 5.69 Å². The number of ether oxygens (including phenoxy) is 1. The number of likely N-dealkylation sites (tertiary alicyclic amines) is 1. The Kier molecular flexibility index (Phi) is 4.83. The zero-order chi connectivity index (χ0) is 22.0. The number of benzene rings is 1. The van der Waals surface area contributed by atoms with Crippen LogP contribution < -0.4 is 4.74 Å². The van der Waals surface area contributed by atoms with Crippen LogP contribution in [0.25, 0.3) is 0 Å². The average Bonchev–Trinajstić information content (AvgIpc) is 3.08. The Labute approximate surface area is 184 Å². The van der Waals surface area contributed by atoms with Gasteiger partial charge in [0, 0.05) is 31.0 Å². The normalized spacial score (nSPS) is 41.8. The summed E-state index contributed by atoms with van der Waals surface area (Å²) in [5, 5.41) is 11.5. The number of carbonyl (C=O) groups excluding carboxylic acids is 1. The standard InChI is InChI=1S/C25H34N2O4/c1-24-15-13-23(28)26(3)21(24)10-8-16-17-9-11-22(25(17,2)14-12-18(16)24)31-20-7-5-4-6-19(20)27(29)30/h4-7,16-18,21-22H,8-15H2,1-3H3/t16-,17-,18-,21+,22-,24+,25-/m0/s1. The minimum Gasteiger partial charge on any atom is -0.483 e. The van der Waals surface area contributed by atoms with Crippen LogP contribution in [0.3, 0.4) is 0 Å². The summed E-state index contributed by atoms with van der Waals surface area (Å²) in [5.74, 6) is 2.63. The van der Waals surface area contributed by atoms with Crippen LogP contribution in [0.2, 0.25) is 0 Å². The zero-order valence-electron chi connectivity index (χ0n) is 18.9. The van der Waals surface area contributed by atoms with Gasteiger partial charge in [-0.25, -0.2) is 0 Å². The lowest BCUT2D eigenvalue weighted by molar-refractivity contribution is -0.386. The molecule has 0 bridgehead atoms. The summed E-state index contributed by atoms with van der Waals surface area (Å²) in [6.07, 6.45) is 8.38. The van der Waals surface area contributed by atoms with E-state index in [4.69, 9.17) is 4.74 Å². The molecule has 0 N–H and O–H groups in total. The van der Waals surface area contributed by atoms with Crippen molar-refractivity contribution in [3.63, 3.8) is 0 Å². The van der Waals surface area contributed by atoms with E-state index in [1.54, 1.807) is 12.1 Å². The fourth-order valence-electron chi connectivity index (χ4n) is 8.16. The van der Waals surface area contributed by atoms with Gasteiger partial charge in [0.25, 0.3) is 0 Å². The fourth-order valence-corrected chi connectivity index (χ4v) is 8.16. The number of nitro benzene ring substituents is 1. The van der Waals surface area contributed by atoms with Gasteiger partial charge < -0.3 is 9.64 Å². The minimum absolute atomic E-state index is 0.0284. The van der Waals surface area contributed by atoms with E-state index < -0.39 is 0 Å². The summed E-state index contributed by atoms with van der Waals surface area (Å²) in [7, 11) is 2.00. The lowest BCUT2D eigenvalue weighted by Crippen LogP contribution is -2.61. The van der Waals surface area contributed by atoms with Gasteiger partial charge >= 0.3 is 5.69 Å². The first-order chi connectivity index (χ1) is 14.8. The highest BCUT2D eigenvalue weighted by Crippen LogP contribution is 2.65. The van der Waals surface area contributed by atoms with Crippen LogP contribution in [-0.2, 0) is 4.79 Å². The van der Waals surface area contributed by atoms with E-state index in [0.29, 0.717) is 41.9 Å². The largest absolute Gasteiger partial charge is 0.483 e. The molecule has 4 fully saturated rings. The fraction of sp³-hybridized carbons (Fsp3) is 0.720. The summed E-state index contributed by atoms with van der Waals surface area (Å²) in [4.78, 5) is 25.5. The molecular weight excluding hydrogens is 392 g/mol. The van der Waals surface area contributed by atoms with Gasteiger partial charge in [-0.15, -0.1) is 0 Å². The molecule has 1 aromatic rings. The smallest absolute Gasteiger partial charge is 0.310 e. The number of carbonyl (C=O) groups is 1. The van der Waals surface area contributed by atoms with Crippen molar-refractivity contribution in [1.29, 1.82) is 0 Å². The maximum Gasteiger partial charge on any atom is 0.310 e. The van der Waals surface area contributed by atoms with Crippen molar-refractivity contribution < 1.29 is 14.5 Å². The molecule has 6 heteroatoms. The van der Waals surface area contributed by atoms with Gasteiger partial charge in [0.05, 0.1) is 4.92 Å². The molecule has 5 rings (SSSR count). The van der Waals surface area contributed by atoms with Crippen molar-refractivity contribution in [2.24, 2.45) is 28.6 Å². The Hall–Kier alpha value is -2.11. The van der Waals surface area contributed by atoms with Gasteiger partial charge in [0.15, 0.2) is 5.75 Å². The third-order valence-corrected chi connectivity index (χ3v) is 9.80. The van der Waals surface area contributed by atoms with Gasteiger partial charge in [-0.2, -0.15) is 0 Å². The molecule has 31 heavy (non-hydrogen) atoms. The predicted octanol–water partition coefficient (Wildman–Crippen LogP) is 5.21. The Morgan fingerprint density at radius 1 is 1.03 bits per heavy atom. The average molecular weight is 427 g/mol. The number of nitrogens with zero attached hydrogens (tertiary/aromatic N) is 2. The summed E-state index contributed by atoms with van der Waals surface area (Å²) < 4.78 is 6.39. The molecule has 0 aromatic heterocycles. The highest BCUT2D eigenvalue weighted by molar-refractivity contribution is 5.77. The van der Waals surface area contributed by atoms with Crippen LogP contribution in [0.1, 0.15) is 65.2 Å². The number of para-hydroxylation sites is 2. The maximum absolute atomic E-state index is 12.3. The van der Waals surface area contributed by atoms with Crippen LogP contribution in [0.5, 0.6) is 5.75 Å². The van der Waals surface area contributed by atoms with Gasteiger partial charge in [-0.1, -0.05) is 26.0 Å². The SMILES string of the molecule is CN1C(=O)CC[C@]2(C)[C@H]3CC[C@]4(C)[C@@H](Oc5ccccc5[N+](=O)[O-])CC[C@H]4[C@@H]3CC[C@@H]12. The Morgan fingerprint density at radius 2 is 1.77 bits per heavy atom. The Morgan fingerprint density at radius 3 is 2.55 bits per heavy atom. The zero-order valence-corrected chi connectivity index (χ0v) is 18.9. The molecule has 3 saturated carbocycles. The van der Waals surface area contributed by atoms with E-state index in [2.05, 4.69) is 13.8 Å². The number of hydrogen-bond donors (Lipinski definition) is 0. The van der Waals surface area contributed by atoms with Gasteiger partial charge in [0.1, 0.15) is 6.10 Å². The number of nitro groups is 1. The Balaban J connectivity index is 1.39. The number of piperidine rings is 1. The lowest BCUT2D eigenvalue weighted by atomic mass is 9.47. The van der Waals surface area contributed by atoms with Crippen molar-refractivity contribution in [2.75, 3.05) is 7.05 Å². The van der Waals surface area contributed by atoms with E-state index in [1.807, 2.05) is 18.0 Å². The number of fused-ring (bicyclic) bond motifs is 5. The summed E-state index contributed by atoms with van der Waals surface area (Å²) in [5.41, 5.74) is 0.334. The second kappa shape index (κ2) is 7.21. The number of hydrogen-bond acceptors (Lipinski definition) is 4. The molecule has 1 heterocycles. The Bertz CT molecular complexity index is 903. The summed E-state index contributed by atoms with van der Waals surface area (Å²) in [6, 6.07) is 7.16. The van der Waals surface area contributed by atoms with E-state index >= 15 is 0 Å². The monoisotopic (exact) mass is 426 g/mol. The number of amides is 1. The molecule has 1 aromatic carbocycles. The quantitative estimate of drug-likeness (QED) is 0.491. The van der Waals surface area contributed by atoms with Crippen LogP contribution in [-0.4, -0.2) is 34.9 Å². The first kappa shape index (κ1) is 20.8. The lowest BCUT2D eigenvalue weighted by Gasteiger charge is -2.61. The third-order valence-electron chi connectivity index (χ3n) is 9.80. The summed E-state index contributed by atoms with van der Waals surface area (Å²) in [6.45, 7) is 4.81. The van der Waals surface area contributed by atoms with Crippen LogP contribution in [0, 0.1) is 38.7 Å².